The highest BCUT2D eigenvalue weighted by atomic mass is 35.5. The fourth-order valence-electron chi connectivity index (χ4n) is 5.24. The summed E-state index contributed by atoms with van der Waals surface area (Å²) < 4.78 is 74.3. The number of hydrogen-bond donors (Lipinski definition) is 0. The molecular weight excluding hydrogens is 559 g/mol. The molecule has 0 radical (unpaired) electrons. The second-order valence-corrected chi connectivity index (χ2v) is 12.1. The Hall–Kier alpha value is -2.21. The highest BCUT2D eigenvalue weighted by Crippen LogP contribution is 2.51. The highest BCUT2D eigenvalue weighted by molar-refractivity contribution is 7.86. The smallest absolute Gasteiger partial charge is 0.374 e. The van der Waals surface area contributed by atoms with E-state index >= 15 is 0 Å². The van der Waals surface area contributed by atoms with Gasteiger partial charge in [-0.05, 0) is 34.9 Å². The van der Waals surface area contributed by atoms with E-state index in [4.69, 9.17) is 32.8 Å². The lowest BCUT2D eigenvalue weighted by Gasteiger charge is -2.49. The fourth-order valence-corrected chi connectivity index (χ4v) is 6.81. The molecule has 37 heavy (non-hydrogen) atoms. The number of carbonyl (C=O) groups excluding carboxylic acids is 1. The van der Waals surface area contributed by atoms with Gasteiger partial charge < -0.3 is 14.5 Å². The summed E-state index contributed by atoms with van der Waals surface area (Å²) in [5.41, 5.74) is -1.98. The van der Waals surface area contributed by atoms with Gasteiger partial charge in [-0.1, -0.05) is 40.5 Å². The molecule has 2 aromatic rings. The molecule has 1 atom stereocenters. The number of nitrogens with zero attached hydrogens (tertiary/aromatic N) is 2. The first-order valence-corrected chi connectivity index (χ1v) is 13.6. The van der Waals surface area contributed by atoms with Crippen LogP contribution in [-0.4, -0.2) is 51.5 Å². The molecule has 6 rings (SSSR count). The summed E-state index contributed by atoms with van der Waals surface area (Å²) in [5.74, 6) is -0.575. The van der Waals surface area contributed by atoms with Crippen LogP contribution < -0.4 is 0 Å². The first-order valence-electron chi connectivity index (χ1n) is 11.3. The molecule has 0 saturated carbocycles. The SMILES string of the molecule is O=C(C1CS(=O)C1)N1CC2(C1)OCc1ccc(C3=NOC(c4cc(Cl)c(F)c(Cl)c4)(C(F)(F)F)C3)cc12. The molecule has 2 aromatic carbocycles. The van der Waals surface area contributed by atoms with E-state index in [1.54, 1.807) is 23.1 Å². The normalized spacial score (nSPS) is 27.8. The van der Waals surface area contributed by atoms with Crippen LogP contribution in [0.15, 0.2) is 35.5 Å². The van der Waals surface area contributed by atoms with E-state index < -0.39 is 56.0 Å². The van der Waals surface area contributed by atoms with Gasteiger partial charge in [0.1, 0.15) is 5.60 Å². The minimum Gasteiger partial charge on any atom is -0.374 e. The number of fused-ring (bicyclic) bond motifs is 2. The first-order chi connectivity index (χ1) is 17.4. The van der Waals surface area contributed by atoms with Crippen molar-refractivity contribution in [2.45, 2.75) is 30.4 Å². The lowest BCUT2D eigenvalue weighted by atomic mass is 9.82. The summed E-state index contributed by atoms with van der Waals surface area (Å²) in [4.78, 5) is 19.3. The molecule has 4 aliphatic rings. The topological polar surface area (TPSA) is 68.2 Å². The number of carbonyl (C=O) groups is 1. The van der Waals surface area contributed by atoms with Gasteiger partial charge in [0.15, 0.2) is 5.82 Å². The van der Waals surface area contributed by atoms with E-state index in [-0.39, 0.29) is 17.5 Å². The van der Waals surface area contributed by atoms with Crippen LogP contribution in [0.4, 0.5) is 17.6 Å². The Labute approximate surface area is 220 Å². The summed E-state index contributed by atoms with van der Waals surface area (Å²) in [6, 6.07) is 6.82. The van der Waals surface area contributed by atoms with Gasteiger partial charge in [-0.3, -0.25) is 9.00 Å². The molecule has 0 bridgehead atoms. The summed E-state index contributed by atoms with van der Waals surface area (Å²) >= 11 is 11.6. The molecule has 2 saturated heterocycles. The zero-order valence-corrected chi connectivity index (χ0v) is 21.2. The van der Waals surface area contributed by atoms with Gasteiger partial charge >= 0.3 is 6.18 Å². The van der Waals surface area contributed by atoms with E-state index in [9.17, 15) is 26.6 Å². The van der Waals surface area contributed by atoms with Crippen molar-refractivity contribution in [3.8, 4) is 0 Å². The third-order valence-corrected chi connectivity index (χ3v) is 9.50. The number of alkyl halides is 3. The molecule has 6 nitrogen and oxygen atoms in total. The third-order valence-electron chi connectivity index (χ3n) is 7.40. The minimum absolute atomic E-state index is 0.0444. The Balaban J connectivity index is 1.27. The molecule has 1 unspecified atom stereocenters. The fraction of sp³-hybridized carbons (Fsp3) is 0.417. The second-order valence-electron chi connectivity index (χ2n) is 9.70. The molecule has 1 amide bonds. The van der Waals surface area contributed by atoms with Crippen molar-refractivity contribution in [2.24, 2.45) is 11.1 Å². The predicted octanol–water partition coefficient (Wildman–Crippen LogP) is 4.66. The summed E-state index contributed by atoms with van der Waals surface area (Å²) in [6.45, 7) is 0.939. The zero-order chi connectivity index (χ0) is 26.3. The lowest BCUT2D eigenvalue weighted by Crippen LogP contribution is -2.63. The van der Waals surface area contributed by atoms with Gasteiger partial charge in [-0.25, -0.2) is 4.39 Å². The largest absolute Gasteiger partial charge is 0.435 e. The van der Waals surface area contributed by atoms with Gasteiger partial charge in [0.2, 0.25) is 5.91 Å². The van der Waals surface area contributed by atoms with Crippen molar-refractivity contribution >= 4 is 45.6 Å². The van der Waals surface area contributed by atoms with Crippen LogP contribution in [0.3, 0.4) is 0 Å². The molecule has 13 heteroatoms. The molecule has 0 N–H and O–H groups in total. The number of hydrogen-bond acceptors (Lipinski definition) is 5. The van der Waals surface area contributed by atoms with Crippen LogP contribution in [0.25, 0.3) is 0 Å². The quantitative estimate of drug-likeness (QED) is 0.393. The van der Waals surface area contributed by atoms with Crippen LogP contribution >= 0.6 is 23.2 Å². The van der Waals surface area contributed by atoms with Crippen molar-refractivity contribution in [3.05, 3.63) is 68.4 Å². The number of amides is 1. The van der Waals surface area contributed by atoms with E-state index in [1.807, 2.05) is 0 Å². The number of ether oxygens (including phenoxy) is 1. The van der Waals surface area contributed by atoms with E-state index in [2.05, 4.69) is 5.16 Å². The summed E-state index contributed by atoms with van der Waals surface area (Å²) in [6.07, 6.45) is -5.59. The second kappa shape index (κ2) is 8.39. The summed E-state index contributed by atoms with van der Waals surface area (Å²) in [7, 11) is -0.936. The Morgan fingerprint density at radius 1 is 1.14 bits per heavy atom. The van der Waals surface area contributed by atoms with Crippen molar-refractivity contribution < 1.29 is 36.1 Å². The number of rotatable bonds is 3. The predicted molar refractivity (Wildman–Crippen MR) is 127 cm³/mol. The molecule has 2 fully saturated rings. The van der Waals surface area contributed by atoms with Gasteiger partial charge in [-0.2, -0.15) is 13.2 Å². The number of halogens is 6. The van der Waals surface area contributed by atoms with Crippen molar-refractivity contribution in [3.63, 3.8) is 0 Å². The van der Waals surface area contributed by atoms with Gasteiger partial charge in [0.25, 0.3) is 5.60 Å². The summed E-state index contributed by atoms with van der Waals surface area (Å²) in [5, 5.41) is 2.66. The first kappa shape index (κ1) is 25.1. The monoisotopic (exact) mass is 576 g/mol. The van der Waals surface area contributed by atoms with E-state index in [1.165, 1.54) is 0 Å². The highest BCUT2D eigenvalue weighted by Gasteiger charge is 2.63. The van der Waals surface area contributed by atoms with Crippen LogP contribution in [0.2, 0.25) is 10.0 Å². The standard InChI is InChI=1S/C24H18Cl2F4N2O4S/c25-17-4-15(5-18(26)20(17)27)23(24(28,29)30)6-19(31-36-23)12-1-2-13-7-35-22(16(13)3-12)10-32(11-22)21(33)14-8-37(34)9-14/h1-5,14H,6-11H2. The van der Waals surface area contributed by atoms with Crippen molar-refractivity contribution in [1.29, 1.82) is 0 Å². The Morgan fingerprint density at radius 2 is 1.81 bits per heavy atom. The van der Waals surface area contributed by atoms with Gasteiger partial charge in [0.05, 0.1) is 41.4 Å². The molecule has 0 aliphatic carbocycles. The maximum atomic E-state index is 14.3. The van der Waals surface area contributed by atoms with Gasteiger partial charge in [0, 0.05) is 34.3 Å². The van der Waals surface area contributed by atoms with Crippen molar-refractivity contribution in [1.82, 2.24) is 4.90 Å². The molecule has 4 aliphatic heterocycles. The third kappa shape index (κ3) is 3.80. The van der Waals surface area contributed by atoms with E-state index in [0.29, 0.717) is 36.8 Å². The van der Waals surface area contributed by atoms with Gasteiger partial charge in [-0.15, -0.1) is 0 Å². The molecular formula is C24H18Cl2F4N2O4S. The number of oxime groups is 1. The molecule has 1 spiro atoms. The van der Waals surface area contributed by atoms with Crippen LogP contribution in [-0.2, 0) is 43.0 Å². The molecule has 196 valence electrons. The molecule has 0 aromatic heterocycles. The zero-order valence-electron chi connectivity index (χ0n) is 18.9. The number of benzene rings is 2. The minimum atomic E-state index is -4.91. The number of likely N-dealkylation sites (tertiary alicyclic amines) is 1. The van der Waals surface area contributed by atoms with Crippen LogP contribution in [0, 0.1) is 11.7 Å². The Morgan fingerprint density at radius 3 is 2.43 bits per heavy atom. The molecule has 4 heterocycles. The maximum Gasteiger partial charge on any atom is 0.435 e. The average Bonchev–Trinajstić information content (AvgIpc) is 3.41. The Bertz CT molecular complexity index is 1360. The average molecular weight is 577 g/mol. The Kier molecular flexibility index (Phi) is 5.69. The van der Waals surface area contributed by atoms with E-state index in [0.717, 1.165) is 23.3 Å². The maximum absolute atomic E-state index is 14.3. The van der Waals surface area contributed by atoms with Crippen LogP contribution in [0.1, 0.15) is 28.7 Å². The van der Waals surface area contributed by atoms with Crippen LogP contribution in [0.5, 0.6) is 0 Å². The van der Waals surface area contributed by atoms with Crippen molar-refractivity contribution in [2.75, 3.05) is 24.6 Å². The lowest BCUT2D eigenvalue weighted by molar-refractivity contribution is -0.275.